The van der Waals surface area contributed by atoms with E-state index in [2.05, 4.69) is 0 Å². The summed E-state index contributed by atoms with van der Waals surface area (Å²) >= 11 is 12.2. The normalized spacial score (nSPS) is 15.0. The molecule has 23 heavy (non-hydrogen) atoms. The Morgan fingerprint density at radius 1 is 1.26 bits per heavy atom. The van der Waals surface area contributed by atoms with E-state index in [0.29, 0.717) is 5.75 Å². The number of halogens is 2. The molecule has 1 aromatic rings. The second-order valence-corrected chi connectivity index (χ2v) is 8.67. The van der Waals surface area contributed by atoms with Crippen LogP contribution in [0.2, 0.25) is 0 Å². The first-order chi connectivity index (χ1) is 10.5. The van der Waals surface area contributed by atoms with Crippen molar-refractivity contribution < 1.29 is 22.1 Å². The van der Waals surface area contributed by atoms with Crippen molar-refractivity contribution in [3.8, 4) is 5.75 Å². The van der Waals surface area contributed by atoms with Crippen molar-refractivity contribution >= 4 is 39.1 Å². The predicted molar refractivity (Wildman–Crippen MR) is 89.9 cm³/mol. The van der Waals surface area contributed by atoms with Crippen LogP contribution in [0.25, 0.3) is 0 Å². The number of Topliss-reactive ketones (excluding diaryl/α,β-unsaturated/α-hetero) is 1. The lowest BCUT2D eigenvalue weighted by molar-refractivity contribution is -0.123. The fraction of sp³-hybridized carbons (Fsp3) is 0.533. The molecule has 0 heterocycles. The number of hydrogen-bond donors (Lipinski definition) is 0. The van der Waals surface area contributed by atoms with Crippen LogP contribution in [-0.2, 0) is 19.1 Å². The molecule has 0 fully saturated rings. The standard InChI is InChI=1S/C15H20Cl2O5S/c1-10(18)13(9-14(16)15(2,3)17)22-23(19,20)12-7-5-11(21-4)6-8-12/h5-8,13-14H,9H2,1-4H3. The summed E-state index contributed by atoms with van der Waals surface area (Å²) in [5.41, 5.74) is 0. The Kier molecular flexibility index (Phi) is 6.89. The van der Waals surface area contributed by atoms with Gasteiger partial charge in [0.25, 0.3) is 10.1 Å². The largest absolute Gasteiger partial charge is 0.497 e. The molecule has 0 aliphatic heterocycles. The lowest BCUT2D eigenvalue weighted by atomic mass is 10.0. The van der Waals surface area contributed by atoms with E-state index in [4.69, 9.17) is 32.1 Å². The molecule has 2 atom stereocenters. The van der Waals surface area contributed by atoms with Gasteiger partial charge >= 0.3 is 0 Å². The van der Waals surface area contributed by atoms with Gasteiger partial charge in [-0.3, -0.25) is 8.98 Å². The number of carbonyl (C=O) groups excluding carboxylic acids is 1. The van der Waals surface area contributed by atoms with E-state index in [9.17, 15) is 13.2 Å². The van der Waals surface area contributed by atoms with E-state index >= 15 is 0 Å². The molecular weight excluding hydrogens is 363 g/mol. The quantitative estimate of drug-likeness (QED) is 0.509. The van der Waals surface area contributed by atoms with Crippen LogP contribution in [0, 0.1) is 0 Å². The number of hydrogen-bond acceptors (Lipinski definition) is 5. The molecule has 0 bridgehead atoms. The van der Waals surface area contributed by atoms with Crippen LogP contribution >= 0.6 is 23.2 Å². The molecule has 0 saturated carbocycles. The van der Waals surface area contributed by atoms with Gasteiger partial charge in [-0.1, -0.05) is 0 Å². The predicted octanol–water partition coefficient (Wildman–Crippen LogP) is 3.37. The minimum absolute atomic E-state index is 0.0111. The zero-order valence-corrected chi connectivity index (χ0v) is 15.7. The summed E-state index contributed by atoms with van der Waals surface area (Å²) in [6.07, 6.45) is -1.20. The molecule has 2 unspecified atom stereocenters. The van der Waals surface area contributed by atoms with Gasteiger partial charge in [-0.15, -0.1) is 23.2 Å². The molecule has 0 saturated heterocycles. The van der Waals surface area contributed by atoms with Crippen LogP contribution in [0.5, 0.6) is 5.75 Å². The molecular formula is C15H20Cl2O5S. The SMILES string of the molecule is COc1ccc(S(=O)(=O)OC(CC(Cl)C(C)(C)Cl)C(C)=O)cc1. The number of benzene rings is 1. The number of carbonyl (C=O) groups is 1. The van der Waals surface area contributed by atoms with Crippen molar-refractivity contribution in [3.63, 3.8) is 0 Å². The number of rotatable bonds is 8. The summed E-state index contributed by atoms with van der Waals surface area (Å²) in [5.74, 6) is 0.0745. The molecule has 130 valence electrons. The van der Waals surface area contributed by atoms with Gasteiger partial charge in [0.1, 0.15) is 11.9 Å². The van der Waals surface area contributed by atoms with Gasteiger partial charge in [-0.2, -0.15) is 8.42 Å². The van der Waals surface area contributed by atoms with Gasteiger partial charge in [0.05, 0.1) is 22.3 Å². The second kappa shape index (κ2) is 7.83. The molecule has 0 aliphatic rings. The zero-order valence-electron chi connectivity index (χ0n) is 13.4. The molecule has 0 aromatic heterocycles. The van der Waals surface area contributed by atoms with E-state index in [1.165, 1.54) is 38.3 Å². The number of alkyl halides is 2. The Bertz CT molecular complexity index is 635. The minimum atomic E-state index is -4.10. The molecule has 8 heteroatoms. The Labute approximate surface area is 147 Å². The topological polar surface area (TPSA) is 69.7 Å². The average Bonchev–Trinajstić information content (AvgIpc) is 2.45. The maximum atomic E-state index is 12.3. The van der Waals surface area contributed by atoms with Crippen molar-refractivity contribution in [3.05, 3.63) is 24.3 Å². The molecule has 5 nitrogen and oxygen atoms in total. The smallest absolute Gasteiger partial charge is 0.297 e. The Hall–Kier alpha value is -0.820. The maximum absolute atomic E-state index is 12.3. The first-order valence-corrected chi connectivity index (χ1v) is 9.10. The Morgan fingerprint density at radius 3 is 2.17 bits per heavy atom. The fourth-order valence-electron chi connectivity index (χ4n) is 1.69. The van der Waals surface area contributed by atoms with Gasteiger partial charge in [-0.05, 0) is 45.0 Å². The summed E-state index contributed by atoms with van der Waals surface area (Å²) in [6, 6.07) is 5.67. The number of ketones is 1. The van der Waals surface area contributed by atoms with Crippen molar-refractivity contribution in [2.75, 3.05) is 7.11 Å². The summed E-state index contributed by atoms with van der Waals surface area (Å²) in [7, 11) is -2.63. The maximum Gasteiger partial charge on any atom is 0.297 e. The van der Waals surface area contributed by atoms with Crippen molar-refractivity contribution in [2.45, 2.75) is 48.4 Å². The summed E-state index contributed by atoms with van der Waals surface area (Å²) < 4.78 is 34.6. The van der Waals surface area contributed by atoms with E-state index in [1.54, 1.807) is 13.8 Å². The third-order valence-corrected chi connectivity index (χ3v) is 5.64. The van der Waals surface area contributed by atoms with Crippen LogP contribution in [0.1, 0.15) is 27.2 Å². The average molecular weight is 383 g/mol. The van der Waals surface area contributed by atoms with Crippen molar-refractivity contribution in [2.24, 2.45) is 0 Å². The molecule has 0 aliphatic carbocycles. The first-order valence-electron chi connectivity index (χ1n) is 6.88. The zero-order chi connectivity index (χ0) is 17.8. The third-order valence-electron chi connectivity index (χ3n) is 3.21. The lowest BCUT2D eigenvalue weighted by Gasteiger charge is -2.25. The highest BCUT2D eigenvalue weighted by molar-refractivity contribution is 7.86. The molecule has 1 aromatic carbocycles. The molecule has 0 N–H and O–H groups in total. The summed E-state index contributed by atoms with van der Waals surface area (Å²) in [4.78, 5) is 10.8. The lowest BCUT2D eigenvalue weighted by Crippen LogP contribution is -2.34. The van der Waals surface area contributed by atoms with Gasteiger partial charge < -0.3 is 4.74 Å². The van der Waals surface area contributed by atoms with Gasteiger partial charge in [0, 0.05) is 6.42 Å². The highest BCUT2D eigenvalue weighted by Crippen LogP contribution is 2.29. The monoisotopic (exact) mass is 382 g/mol. The third kappa shape index (κ3) is 5.95. The van der Waals surface area contributed by atoms with E-state index in [-0.39, 0.29) is 11.3 Å². The highest BCUT2D eigenvalue weighted by Gasteiger charge is 2.33. The number of ether oxygens (including phenoxy) is 1. The highest BCUT2D eigenvalue weighted by atomic mass is 35.5. The van der Waals surface area contributed by atoms with Gasteiger partial charge in [0.15, 0.2) is 5.78 Å². The van der Waals surface area contributed by atoms with Crippen LogP contribution in [0.4, 0.5) is 0 Å². The Balaban J connectivity index is 2.95. The Morgan fingerprint density at radius 2 is 1.78 bits per heavy atom. The van der Waals surface area contributed by atoms with Crippen molar-refractivity contribution in [1.82, 2.24) is 0 Å². The summed E-state index contributed by atoms with van der Waals surface area (Å²) in [6.45, 7) is 4.61. The van der Waals surface area contributed by atoms with E-state index in [1.807, 2.05) is 0 Å². The molecule has 1 rings (SSSR count). The van der Waals surface area contributed by atoms with E-state index < -0.39 is 32.3 Å². The second-order valence-electron chi connectivity index (χ2n) is 5.59. The van der Waals surface area contributed by atoms with Crippen LogP contribution in [0.3, 0.4) is 0 Å². The molecule has 0 spiro atoms. The number of methoxy groups -OCH3 is 1. The van der Waals surface area contributed by atoms with E-state index in [0.717, 1.165) is 0 Å². The van der Waals surface area contributed by atoms with Gasteiger partial charge in [-0.25, -0.2) is 0 Å². The van der Waals surface area contributed by atoms with Crippen LogP contribution < -0.4 is 4.74 Å². The van der Waals surface area contributed by atoms with Gasteiger partial charge in [0.2, 0.25) is 0 Å². The minimum Gasteiger partial charge on any atom is -0.497 e. The molecule has 0 amide bonds. The first kappa shape index (κ1) is 20.2. The van der Waals surface area contributed by atoms with Crippen LogP contribution in [0.15, 0.2) is 29.2 Å². The van der Waals surface area contributed by atoms with Crippen LogP contribution in [-0.4, -0.2) is 37.7 Å². The molecule has 0 radical (unpaired) electrons. The fourth-order valence-corrected chi connectivity index (χ4v) is 3.04. The summed E-state index contributed by atoms with van der Waals surface area (Å²) in [5, 5.41) is -0.635. The van der Waals surface area contributed by atoms with Crippen molar-refractivity contribution in [1.29, 1.82) is 0 Å².